The Balaban J connectivity index is 3.33. The second kappa shape index (κ2) is 12.0. The molecule has 18 heavy (non-hydrogen) atoms. The van der Waals surface area contributed by atoms with Crippen molar-refractivity contribution in [1.82, 2.24) is 4.90 Å². The van der Waals surface area contributed by atoms with Gasteiger partial charge in [-0.3, -0.25) is 0 Å². The highest BCUT2D eigenvalue weighted by Crippen LogP contribution is 2.13. The molecule has 0 saturated carbocycles. The van der Waals surface area contributed by atoms with Crippen LogP contribution in [0.2, 0.25) is 0 Å². The van der Waals surface area contributed by atoms with Crippen LogP contribution >= 0.6 is 0 Å². The summed E-state index contributed by atoms with van der Waals surface area (Å²) < 4.78 is 0. The van der Waals surface area contributed by atoms with E-state index >= 15 is 0 Å². The lowest BCUT2D eigenvalue weighted by Crippen LogP contribution is -2.28. The minimum Gasteiger partial charge on any atom is -0.306 e. The maximum Gasteiger partial charge on any atom is 0.000408 e. The molecule has 0 saturated heterocycles. The van der Waals surface area contributed by atoms with Gasteiger partial charge in [-0.05, 0) is 25.3 Å². The molecule has 0 aromatic heterocycles. The fraction of sp³-hybridized carbons (Fsp3) is 1.00. The van der Waals surface area contributed by atoms with Crippen molar-refractivity contribution in [2.75, 3.05) is 20.1 Å². The Bertz CT molecular complexity index is 165. The summed E-state index contributed by atoms with van der Waals surface area (Å²) in [5, 5.41) is 0. The van der Waals surface area contributed by atoms with Crippen LogP contribution in [0.1, 0.15) is 79.1 Å². The Morgan fingerprint density at radius 3 is 1.89 bits per heavy atom. The van der Waals surface area contributed by atoms with Gasteiger partial charge in [0.05, 0.1) is 0 Å². The molecule has 0 aliphatic heterocycles. The average Bonchev–Trinajstić information content (AvgIpc) is 2.26. The maximum atomic E-state index is 2.50. The third-order valence-corrected chi connectivity index (χ3v) is 3.60. The van der Waals surface area contributed by atoms with Gasteiger partial charge < -0.3 is 4.90 Å². The van der Waals surface area contributed by atoms with Crippen LogP contribution in [0.25, 0.3) is 0 Å². The molecule has 1 atom stereocenters. The first-order valence-electron chi connectivity index (χ1n) is 8.24. The molecule has 0 aromatic rings. The third kappa shape index (κ3) is 12.4. The van der Waals surface area contributed by atoms with E-state index in [1.165, 1.54) is 64.5 Å². The molecule has 1 nitrogen and oxygen atoms in total. The van der Waals surface area contributed by atoms with Crippen LogP contribution in [0, 0.1) is 11.8 Å². The predicted molar refractivity (Wildman–Crippen MR) is 84.1 cm³/mol. The summed E-state index contributed by atoms with van der Waals surface area (Å²) in [6.07, 6.45) is 11.4. The SMILES string of the molecule is CCCCCCCCCC(C)CN(C)CC(C)C. The number of hydrogen-bond acceptors (Lipinski definition) is 1. The van der Waals surface area contributed by atoms with Crippen LogP contribution in [0.3, 0.4) is 0 Å². The zero-order valence-electron chi connectivity index (χ0n) is 13.7. The van der Waals surface area contributed by atoms with Gasteiger partial charge in [-0.2, -0.15) is 0 Å². The quantitative estimate of drug-likeness (QED) is 0.425. The summed E-state index contributed by atoms with van der Waals surface area (Å²) in [4.78, 5) is 2.50. The molecule has 0 spiro atoms. The van der Waals surface area contributed by atoms with Crippen LogP contribution in [0.15, 0.2) is 0 Å². The zero-order valence-corrected chi connectivity index (χ0v) is 13.7. The van der Waals surface area contributed by atoms with E-state index in [1.54, 1.807) is 0 Å². The van der Waals surface area contributed by atoms with E-state index < -0.39 is 0 Å². The van der Waals surface area contributed by atoms with Gasteiger partial charge in [-0.15, -0.1) is 0 Å². The number of nitrogens with zero attached hydrogens (tertiary/aromatic N) is 1. The molecule has 0 heterocycles. The van der Waals surface area contributed by atoms with Crippen molar-refractivity contribution in [2.24, 2.45) is 11.8 Å². The van der Waals surface area contributed by atoms with Crippen molar-refractivity contribution >= 4 is 0 Å². The lowest BCUT2D eigenvalue weighted by atomic mass is 10.0. The minimum atomic E-state index is 0.792. The van der Waals surface area contributed by atoms with E-state index in [-0.39, 0.29) is 0 Å². The summed E-state index contributed by atoms with van der Waals surface area (Å²) in [5.74, 6) is 1.66. The Labute approximate surface area is 116 Å². The lowest BCUT2D eigenvalue weighted by molar-refractivity contribution is 0.249. The fourth-order valence-corrected chi connectivity index (χ4v) is 2.77. The second-order valence-electron chi connectivity index (χ2n) is 6.63. The molecule has 1 unspecified atom stereocenters. The molecular formula is C17H37N. The highest BCUT2D eigenvalue weighted by molar-refractivity contribution is 4.61. The van der Waals surface area contributed by atoms with Gasteiger partial charge >= 0.3 is 0 Å². The molecule has 110 valence electrons. The number of unbranched alkanes of at least 4 members (excludes halogenated alkanes) is 6. The fourth-order valence-electron chi connectivity index (χ4n) is 2.77. The highest BCUT2D eigenvalue weighted by Gasteiger charge is 2.07. The molecule has 0 fully saturated rings. The summed E-state index contributed by atoms with van der Waals surface area (Å²) in [5.41, 5.74) is 0. The van der Waals surface area contributed by atoms with E-state index in [2.05, 4.69) is 39.6 Å². The first kappa shape index (κ1) is 18.0. The van der Waals surface area contributed by atoms with Crippen LogP contribution < -0.4 is 0 Å². The van der Waals surface area contributed by atoms with Gasteiger partial charge in [0.1, 0.15) is 0 Å². The van der Waals surface area contributed by atoms with Crippen molar-refractivity contribution in [3.63, 3.8) is 0 Å². The van der Waals surface area contributed by atoms with Gasteiger partial charge in [0.25, 0.3) is 0 Å². The summed E-state index contributed by atoms with van der Waals surface area (Å²) in [6, 6.07) is 0. The standard InChI is InChI=1S/C17H37N/c1-6-7-8-9-10-11-12-13-17(4)15-18(5)14-16(2)3/h16-17H,6-15H2,1-5H3. The maximum absolute atomic E-state index is 2.50. The molecular weight excluding hydrogens is 218 g/mol. The second-order valence-corrected chi connectivity index (χ2v) is 6.63. The molecule has 0 bridgehead atoms. The van der Waals surface area contributed by atoms with Gasteiger partial charge in [0.2, 0.25) is 0 Å². The normalized spacial score (nSPS) is 13.5. The van der Waals surface area contributed by atoms with Crippen LogP contribution in [-0.4, -0.2) is 25.0 Å². The van der Waals surface area contributed by atoms with Crippen LogP contribution in [0.5, 0.6) is 0 Å². The van der Waals surface area contributed by atoms with Gasteiger partial charge in [-0.1, -0.05) is 72.6 Å². The summed E-state index contributed by atoms with van der Waals surface area (Å²) >= 11 is 0. The van der Waals surface area contributed by atoms with Gasteiger partial charge in [0.15, 0.2) is 0 Å². The molecule has 0 radical (unpaired) electrons. The van der Waals surface area contributed by atoms with Crippen molar-refractivity contribution in [3.8, 4) is 0 Å². The molecule has 0 N–H and O–H groups in total. The molecule has 0 aliphatic carbocycles. The molecule has 0 amide bonds. The Kier molecular flexibility index (Phi) is 12.0. The Morgan fingerprint density at radius 1 is 0.778 bits per heavy atom. The van der Waals surface area contributed by atoms with Gasteiger partial charge in [0, 0.05) is 13.1 Å². The van der Waals surface area contributed by atoms with E-state index in [9.17, 15) is 0 Å². The molecule has 0 aliphatic rings. The molecule has 1 heteroatoms. The van der Waals surface area contributed by atoms with E-state index in [1.807, 2.05) is 0 Å². The molecule has 0 aromatic carbocycles. The molecule has 0 rings (SSSR count). The predicted octanol–water partition coefficient (Wildman–Crippen LogP) is 5.35. The average molecular weight is 255 g/mol. The monoisotopic (exact) mass is 255 g/mol. The van der Waals surface area contributed by atoms with E-state index in [0.29, 0.717) is 0 Å². The van der Waals surface area contributed by atoms with Crippen molar-refractivity contribution in [2.45, 2.75) is 79.1 Å². The Morgan fingerprint density at radius 2 is 1.33 bits per heavy atom. The topological polar surface area (TPSA) is 3.24 Å². The van der Waals surface area contributed by atoms with Crippen molar-refractivity contribution < 1.29 is 0 Å². The highest BCUT2D eigenvalue weighted by atomic mass is 15.1. The minimum absolute atomic E-state index is 0.792. The van der Waals surface area contributed by atoms with Crippen LogP contribution in [-0.2, 0) is 0 Å². The van der Waals surface area contributed by atoms with Gasteiger partial charge in [-0.25, -0.2) is 0 Å². The first-order chi connectivity index (χ1) is 8.56. The van der Waals surface area contributed by atoms with E-state index in [4.69, 9.17) is 0 Å². The van der Waals surface area contributed by atoms with Crippen LogP contribution in [0.4, 0.5) is 0 Å². The summed E-state index contributed by atoms with van der Waals surface area (Å²) in [6.45, 7) is 11.8. The third-order valence-electron chi connectivity index (χ3n) is 3.60. The van der Waals surface area contributed by atoms with Crippen molar-refractivity contribution in [1.29, 1.82) is 0 Å². The smallest absolute Gasteiger partial charge is 0.000408 e. The Hall–Kier alpha value is -0.0400. The largest absolute Gasteiger partial charge is 0.306 e. The summed E-state index contributed by atoms with van der Waals surface area (Å²) in [7, 11) is 2.27. The zero-order chi connectivity index (χ0) is 13.8. The lowest BCUT2D eigenvalue weighted by Gasteiger charge is -2.22. The van der Waals surface area contributed by atoms with E-state index in [0.717, 1.165) is 11.8 Å². The first-order valence-corrected chi connectivity index (χ1v) is 8.24. The van der Waals surface area contributed by atoms with Crippen molar-refractivity contribution in [3.05, 3.63) is 0 Å². The number of rotatable bonds is 12. The number of hydrogen-bond donors (Lipinski definition) is 0.